The lowest BCUT2D eigenvalue weighted by Gasteiger charge is -2.64. The van der Waals surface area contributed by atoms with Crippen LogP contribution in [-0.4, -0.2) is 45.3 Å². The van der Waals surface area contributed by atoms with Crippen molar-refractivity contribution in [2.75, 3.05) is 6.61 Å². The predicted octanol–water partition coefficient (Wildman–Crippen LogP) is 3.99. The zero-order valence-electron chi connectivity index (χ0n) is 19.6. The summed E-state index contributed by atoms with van der Waals surface area (Å²) in [5.41, 5.74) is 0.281. The van der Waals surface area contributed by atoms with Crippen LogP contribution in [0.5, 0.6) is 0 Å². The molecule has 0 aliphatic heterocycles. The van der Waals surface area contributed by atoms with Crippen molar-refractivity contribution < 1.29 is 20.4 Å². The Morgan fingerprint density at radius 1 is 0.933 bits per heavy atom. The molecule has 0 radical (unpaired) electrons. The predicted molar refractivity (Wildman–Crippen MR) is 119 cm³/mol. The summed E-state index contributed by atoms with van der Waals surface area (Å²) in [6.07, 6.45) is 7.85. The summed E-state index contributed by atoms with van der Waals surface area (Å²) >= 11 is 0. The maximum Gasteiger partial charge on any atom is 0.0605 e. The molecule has 174 valence electrons. The van der Waals surface area contributed by atoms with Crippen LogP contribution in [0.25, 0.3) is 0 Å². The third-order valence-electron chi connectivity index (χ3n) is 10.9. The number of fused-ring (bicyclic) bond motifs is 5. The van der Waals surface area contributed by atoms with Gasteiger partial charge in [0.2, 0.25) is 0 Å². The van der Waals surface area contributed by atoms with Crippen molar-refractivity contribution in [2.24, 2.45) is 52.3 Å². The van der Waals surface area contributed by atoms with E-state index in [0.29, 0.717) is 23.7 Å². The van der Waals surface area contributed by atoms with Crippen LogP contribution in [-0.2, 0) is 0 Å². The van der Waals surface area contributed by atoms with E-state index in [1.165, 1.54) is 0 Å². The lowest BCUT2D eigenvalue weighted by atomic mass is 9.41. The van der Waals surface area contributed by atoms with E-state index in [0.717, 1.165) is 57.8 Å². The van der Waals surface area contributed by atoms with Crippen LogP contribution in [0, 0.1) is 52.3 Å². The molecule has 12 unspecified atom stereocenters. The van der Waals surface area contributed by atoms with E-state index >= 15 is 0 Å². The standard InChI is InChI=1S/C26H46O4/c1-5-17-19-13-16(28)8-10-25(19,3)18-9-11-26(4)20(22(18)24(17)30)14-21(29)23(26)15(2)7-6-12-27/h15-24,27-30H,5-14H2,1-4H3. The molecule has 0 heterocycles. The molecule has 0 aromatic carbocycles. The van der Waals surface area contributed by atoms with Crippen molar-refractivity contribution in [3.8, 4) is 0 Å². The van der Waals surface area contributed by atoms with Crippen LogP contribution in [0.3, 0.4) is 0 Å². The summed E-state index contributed by atoms with van der Waals surface area (Å²) in [7, 11) is 0. The van der Waals surface area contributed by atoms with Gasteiger partial charge in [-0.15, -0.1) is 0 Å². The lowest BCUT2D eigenvalue weighted by Crippen LogP contribution is -2.62. The van der Waals surface area contributed by atoms with E-state index in [1.807, 2.05) is 0 Å². The third kappa shape index (κ3) is 3.31. The molecule has 4 N–H and O–H groups in total. The van der Waals surface area contributed by atoms with Gasteiger partial charge in [0.15, 0.2) is 0 Å². The number of hydrogen-bond donors (Lipinski definition) is 4. The Morgan fingerprint density at radius 2 is 1.63 bits per heavy atom. The SMILES string of the molecule is CCC1C(O)C2C(CCC3(C)C2CC(O)C3C(C)CCCO)C2(C)CCC(O)CC12. The van der Waals surface area contributed by atoms with Crippen LogP contribution in [0.15, 0.2) is 0 Å². The molecule has 0 aromatic rings. The van der Waals surface area contributed by atoms with Gasteiger partial charge in [-0.05, 0) is 104 Å². The molecule has 4 aliphatic carbocycles. The molecule has 12 atom stereocenters. The summed E-state index contributed by atoms with van der Waals surface area (Å²) in [4.78, 5) is 0. The minimum absolute atomic E-state index is 0.0755. The van der Waals surface area contributed by atoms with Crippen molar-refractivity contribution in [1.29, 1.82) is 0 Å². The van der Waals surface area contributed by atoms with Crippen molar-refractivity contribution >= 4 is 0 Å². The van der Waals surface area contributed by atoms with Gasteiger partial charge in [0.05, 0.1) is 18.3 Å². The van der Waals surface area contributed by atoms with Crippen molar-refractivity contribution in [3.05, 3.63) is 0 Å². The van der Waals surface area contributed by atoms with Crippen LogP contribution in [0.4, 0.5) is 0 Å². The zero-order chi connectivity index (χ0) is 21.8. The van der Waals surface area contributed by atoms with Gasteiger partial charge in [0, 0.05) is 6.61 Å². The molecule has 4 nitrogen and oxygen atoms in total. The van der Waals surface area contributed by atoms with Gasteiger partial charge in [-0.2, -0.15) is 0 Å². The highest BCUT2D eigenvalue weighted by Crippen LogP contribution is 2.69. The van der Waals surface area contributed by atoms with Crippen molar-refractivity contribution in [1.82, 2.24) is 0 Å². The van der Waals surface area contributed by atoms with E-state index in [1.54, 1.807) is 0 Å². The van der Waals surface area contributed by atoms with Crippen LogP contribution in [0.1, 0.15) is 85.5 Å². The Bertz CT molecular complexity index is 610. The minimum Gasteiger partial charge on any atom is -0.396 e. The molecular weight excluding hydrogens is 376 g/mol. The van der Waals surface area contributed by atoms with Crippen LogP contribution in [0.2, 0.25) is 0 Å². The fourth-order valence-electron chi connectivity index (χ4n) is 9.64. The molecule has 4 saturated carbocycles. The molecule has 0 bridgehead atoms. The molecule has 0 aromatic heterocycles. The topological polar surface area (TPSA) is 80.9 Å². The Balaban J connectivity index is 1.67. The quantitative estimate of drug-likeness (QED) is 0.540. The van der Waals surface area contributed by atoms with Crippen LogP contribution < -0.4 is 0 Å². The second-order valence-electron chi connectivity index (χ2n) is 12.1. The van der Waals surface area contributed by atoms with Gasteiger partial charge in [-0.25, -0.2) is 0 Å². The first-order valence-electron chi connectivity index (χ1n) is 12.8. The number of hydrogen-bond acceptors (Lipinski definition) is 4. The van der Waals surface area contributed by atoms with Crippen LogP contribution >= 0.6 is 0 Å². The van der Waals surface area contributed by atoms with Gasteiger partial charge < -0.3 is 20.4 Å². The Kier molecular flexibility index (Phi) is 6.38. The fourth-order valence-corrected chi connectivity index (χ4v) is 9.64. The smallest absolute Gasteiger partial charge is 0.0605 e. The van der Waals surface area contributed by atoms with Crippen molar-refractivity contribution in [2.45, 2.75) is 104 Å². The maximum atomic E-state index is 11.7. The van der Waals surface area contributed by atoms with Gasteiger partial charge >= 0.3 is 0 Å². The Labute approximate surface area is 183 Å². The molecule has 4 heteroatoms. The maximum absolute atomic E-state index is 11.7. The molecule has 0 amide bonds. The largest absolute Gasteiger partial charge is 0.396 e. The van der Waals surface area contributed by atoms with E-state index in [2.05, 4.69) is 27.7 Å². The third-order valence-corrected chi connectivity index (χ3v) is 10.9. The highest BCUT2D eigenvalue weighted by atomic mass is 16.3. The van der Waals surface area contributed by atoms with E-state index in [-0.39, 0.29) is 53.5 Å². The first-order valence-corrected chi connectivity index (χ1v) is 12.8. The van der Waals surface area contributed by atoms with E-state index in [4.69, 9.17) is 0 Å². The average Bonchev–Trinajstić information content (AvgIpc) is 2.98. The molecule has 4 fully saturated rings. The minimum atomic E-state index is -0.313. The number of aliphatic hydroxyl groups excluding tert-OH is 4. The van der Waals surface area contributed by atoms with Gasteiger partial charge in [0.25, 0.3) is 0 Å². The fraction of sp³-hybridized carbons (Fsp3) is 1.00. The first-order chi connectivity index (χ1) is 14.2. The summed E-state index contributed by atoms with van der Waals surface area (Å²) in [6.45, 7) is 9.55. The zero-order valence-corrected chi connectivity index (χ0v) is 19.6. The molecule has 30 heavy (non-hydrogen) atoms. The molecule has 0 spiro atoms. The summed E-state index contributed by atoms with van der Waals surface area (Å²) in [5.74, 6) is 2.49. The van der Waals surface area contributed by atoms with E-state index in [9.17, 15) is 20.4 Å². The van der Waals surface area contributed by atoms with Gasteiger partial charge in [0.1, 0.15) is 0 Å². The average molecular weight is 423 g/mol. The molecule has 4 rings (SSSR count). The second-order valence-corrected chi connectivity index (χ2v) is 12.1. The number of rotatable bonds is 5. The highest BCUT2D eigenvalue weighted by molar-refractivity contribution is 5.15. The lowest BCUT2D eigenvalue weighted by molar-refractivity contribution is -0.203. The normalized spacial score (nSPS) is 54.2. The van der Waals surface area contributed by atoms with E-state index < -0.39 is 0 Å². The molecule has 0 saturated heterocycles. The monoisotopic (exact) mass is 422 g/mol. The summed E-state index contributed by atoms with van der Waals surface area (Å²) < 4.78 is 0. The number of aliphatic hydroxyl groups is 4. The van der Waals surface area contributed by atoms with Gasteiger partial charge in [-0.3, -0.25) is 0 Å². The Morgan fingerprint density at radius 3 is 2.30 bits per heavy atom. The van der Waals surface area contributed by atoms with Crippen molar-refractivity contribution in [3.63, 3.8) is 0 Å². The summed E-state index contributed by atoms with van der Waals surface area (Å²) in [5, 5.41) is 42.7. The molecular formula is C26H46O4. The second kappa shape index (κ2) is 8.32. The van der Waals surface area contributed by atoms with Gasteiger partial charge in [-0.1, -0.05) is 34.1 Å². The highest BCUT2D eigenvalue weighted by Gasteiger charge is 2.66. The Hall–Kier alpha value is -0.160. The molecule has 4 aliphatic rings. The first kappa shape index (κ1) is 23.0. The summed E-state index contributed by atoms with van der Waals surface area (Å²) in [6, 6.07) is 0.